The van der Waals surface area contributed by atoms with E-state index in [4.69, 9.17) is 19.7 Å². The maximum absolute atomic E-state index is 9.40. The Hall–Kier alpha value is -6.90. The second-order valence-corrected chi connectivity index (χ2v) is 12.4. The Labute approximate surface area is 289 Å². The van der Waals surface area contributed by atoms with Crippen molar-refractivity contribution in [3.63, 3.8) is 0 Å². The molecule has 234 valence electrons. The van der Waals surface area contributed by atoms with Gasteiger partial charge in [-0.15, -0.1) is 0 Å². The van der Waals surface area contributed by atoms with E-state index < -0.39 is 5.41 Å². The highest BCUT2D eigenvalue weighted by molar-refractivity contribution is 5.88. The predicted molar refractivity (Wildman–Crippen MR) is 197 cm³/mol. The molecule has 1 aliphatic heterocycles. The zero-order chi connectivity index (χ0) is 33.5. The van der Waals surface area contributed by atoms with Crippen LogP contribution in [0, 0.1) is 11.3 Å². The summed E-state index contributed by atoms with van der Waals surface area (Å²) in [4.78, 5) is 15.0. The van der Waals surface area contributed by atoms with Crippen molar-refractivity contribution in [2.24, 2.45) is 0 Å². The van der Waals surface area contributed by atoms with Gasteiger partial charge in [-0.25, -0.2) is 15.0 Å². The first-order valence-electron chi connectivity index (χ1n) is 16.5. The monoisotopic (exact) mass is 640 g/mol. The molecule has 0 unspecified atom stereocenters. The van der Waals surface area contributed by atoms with Crippen LogP contribution >= 0.6 is 0 Å². The molecule has 1 aromatic heterocycles. The van der Waals surface area contributed by atoms with E-state index in [1.165, 1.54) is 0 Å². The lowest BCUT2D eigenvalue weighted by Crippen LogP contribution is -2.34. The summed E-state index contributed by atoms with van der Waals surface area (Å²) in [5.74, 6) is 3.24. The molecule has 0 bridgehead atoms. The van der Waals surface area contributed by atoms with Gasteiger partial charge in [0.25, 0.3) is 0 Å². The SMILES string of the molecule is N#Cc1ccc(-c2nc(-c3ccccc3)nc(-c3ccc4c(c3)C(c3ccccc3)(c3ccccc3)c3cc5ccccc5cc3O4)n2)cc1. The number of aromatic nitrogens is 3. The van der Waals surface area contributed by atoms with Crippen LogP contribution in [0.15, 0.2) is 170 Å². The van der Waals surface area contributed by atoms with Crippen LogP contribution in [0.2, 0.25) is 0 Å². The van der Waals surface area contributed by atoms with Gasteiger partial charge in [-0.2, -0.15) is 5.26 Å². The molecule has 1 aliphatic rings. The summed E-state index contributed by atoms with van der Waals surface area (Å²) in [6, 6.07) is 59.9. The van der Waals surface area contributed by atoms with E-state index in [-0.39, 0.29) is 0 Å². The second-order valence-electron chi connectivity index (χ2n) is 12.4. The van der Waals surface area contributed by atoms with Gasteiger partial charge in [-0.05, 0) is 76.5 Å². The van der Waals surface area contributed by atoms with Crippen molar-refractivity contribution in [3.8, 4) is 51.7 Å². The summed E-state index contributed by atoms with van der Waals surface area (Å²) in [7, 11) is 0. The normalized spacial score (nSPS) is 12.7. The number of hydrogen-bond donors (Lipinski definition) is 0. The molecule has 0 atom stereocenters. The molecule has 2 heterocycles. The number of rotatable bonds is 5. The van der Waals surface area contributed by atoms with Crippen molar-refractivity contribution in [3.05, 3.63) is 198 Å². The second kappa shape index (κ2) is 12.0. The van der Waals surface area contributed by atoms with Crippen LogP contribution in [0.4, 0.5) is 0 Å². The average Bonchev–Trinajstić information content (AvgIpc) is 3.20. The first kappa shape index (κ1) is 29.3. The van der Waals surface area contributed by atoms with Gasteiger partial charge in [0.15, 0.2) is 17.5 Å². The molecule has 0 fully saturated rings. The largest absolute Gasteiger partial charge is 0.457 e. The summed E-state index contributed by atoms with van der Waals surface area (Å²) in [6.07, 6.45) is 0. The molecule has 0 saturated heterocycles. The van der Waals surface area contributed by atoms with Crippen LogP contribution in [0.1, 0.15) is 27.8 Å². The first-order valence-corrected chi connectivity index (χ1v) is 16.5. The molecule has 5 nitrogen and oxygen atoms in total. The zero-order valence-corrected chi connectivity index (χ0v) is 26.9. The smallest absolute Gasteiger partial charge is 0.164 e. The maximum atomic E-state index is 9.40. The first-order chi connectivity index (χ1) is 24.7. The van der Waals surface area contributed by atoms with Crippen molar-refractivity contribution in [1.82, 2.24) is 15.0 Å². The van der Waals surface area contributed by atoms with Gasteiger partial charge >= 0.3 is 0 Å². The fourth-order valence-corrected chi connectivity index (χ4v) is 7.12. The number of fused-ring (bicyclic) bond motifs is 3. The lowest BCUT2D eigenvalue weighted by Gasteiger charge is -2.42. The van der Waals surface area contributed by atoms with Crippen LogP contribution < -0.4 is 4.74 Å². The fraction of sp³-hybridized carbons (Fsp3) is 0.0222. The molecule has 8 aromatic rings. The van der Waals surface area contributed by atoms with Gasteiger partial charge in [-0.3, -0.25) is 0 Å². The minimum absolute atomic E-state index is 0.529. The van der Waals surface area contributed by atoms with E-state index in [1.54, 1.807) is 12.1 Å². The Morgan fingerprint density at radius 3 is 1.52 bits per heavy atom. The van der Waals surface area contributed by atoms with E-state index in [9.17, 15) is 5.26 Å². The molecule has 50 heavy (non-hydrogen) atoms. The molecule has 0 saturated carbocycles. The van der Waals surface area contributed by atoms with Crippen molar-refractivity contribution in [1.29, 1.82) is 5.26 Å². The Balaban J connectivity index is 1.32. The van der Waals surface area contributed by atoms with E-state index >= 15 is 0 Å². The van der Waals surface area contributed by atoms with Gasteiger partial charge in [0, 0.05) is 27.8 Å². The molecule has 0 spiro atoms. The highest BCUT2D eigenvalue weighted by atomic mass is 16.5. The minimum Gasteiger partial charge on any atom is -0.457 e. The number of nitrogens with zero attached hydrogens (tertiary/aromatic N) is 4. The van der Waals surface area contributed by atoms with Crippen molar-refractivity contribution in [2.75, 3.05) is 0 Å². The molecule has 0 amide bonds. The third kappa shape index (κ3) is 4.82. The van der Waals surface area contributed by atoms with Crippen LogP contribution in [0.3, 0.4) is 0 Å². The Kier molecular flexibility index (Phi) is 7.00. The third-order valence-corrected chi connectivity index (χ3v) is 9.47. The summed E-state index contributed by atoms with van der Waals surface area (Å²) in [6.45, 7) is 0. The van der Waals surface area contributed by atoms with Crippen LogP contribution in [-0.2, 0) is 5.41 Å². The van der Waals surface area contributed by atoms with E-state index in [0.717, 1.165) is 61.2 Å². The van der Waals surface area contributed by atoms with Gasteiger partial charge in [-0.1, -0.05) is 115 Å². The molecular formula is C45H28N4O. The Morgan fingerprint density at radius 2 is 0.920 bits per heavy atom. The number of nitriles is 1. The number of ether oxygens (including phenoxy) is 1. The van der Waals surface area contributed by atoms with E-state index in [0.29, 0.717) is 23.0 Å². The standard InChI is InChI=1S/C45H28N4O/c46-29-30-20-22-32(23-21-30)43-47-42(31-12-4-1-5-13-31)48-44(49-43)35-24-25-40-38(27-35)45(36-16-6-2-7-17-36,37-18-8-3-9-19-37)39-26-33-14-10-11-15-34(33)28-41(39)50-40/h1-28H. The molecule has 0 N–H and O–H groups in total. The molecule has 7 aromatic carbocycles. The fourth-order valence-electron chi connectivity index (χ4n) is 7.12. The Morgan fingerprint density at radius 1 is 0.440 bits per heavy atom. The van der Waals surface area contributed by atoms with Crippen molar-refractivity contribution < 1.29 is 4.74 Å². The van der Waals surface area contributed by atoms with Crippen LogP contribution in [0.25, 0.3) is 44.9 Å². The molecule has 0 radical (unpaired) electrons. The average molecular weight is 641 g/mol. The quantitative estimate of drug-likeness (QED) is 0.187. The number of hydrogen-bond acceptors (Lipinski definition) is 5. The van der Waals surface area contributed by atoms with E-state index in [2.05, 4.69) is 109 Å². The van der Waals surface area contributed by atoms with Gasteiger partial charge in [0.05, 0.1) is 17.0 Å². The Bertz CT molecular complexity index is 2520. The summed E-state index contributed by atoms with van der Waals surface area (Å²) >= 11 is 0. The summed E-state index contributed by atoms with van der Waals surface area (Å²) < 4.78 is 6.80. The number of benzene rings is 7. The van der Waals surface area contributed by atoms with Crippen LogP contribution in [0.5, 0.6) is 11.5 Å². The maximum Gasteiger partial charge on any atom is 0.164 e. The third-order valence-electron chi connectivity index (χ3n) is 9.47. The van der Waals surface area contributed by atoms with Gasteiger partial charge in [0.2, 0.25) is 0 Å². The predicted octanol–water partition coefficient (Wildman–Crippen LogP) is 10.4. The van der Waals surface area contributed by atoms with Gasteiger partial charge in [0.1, 0.15) is 11.5 Å². The topological polar surface area (TPSA) is 71.7 Å². The van der Waals surface area contributed by atoms with E-state index in [1.807, 2.05) is 54.6 Å². The van der Waals surface area contributed by atoms with Gasteiger partial charge < -0.3 is 4.74 Å². The zero-order valence-electron chi connectivity index (χ0n) is 26.9. The molecule has 0 aliphatic carbocycles. The lowest BCUT2D eigenvalue weighted by atomic mass is 9.63. The minimum atomic E-state index is -0.712. The summed E-state index contributed by atoms with van der Waals surface area (Å²) in [5.41, 5.74) is 6.71. The highest BCUT2D eigenvalue weighted by Gasteiger charge is 2.45. The van der Waals surface area contributed by atoms with Crippen LogP contribution in [-0.4, -0.2) is 15.0 Å². The molecule has 5 heteroatoms. The molecule has 9 rings (SSSR count). The molecular weight excluding hydrogens is 613 g/mol. The highest BCUT2D eigenvalue weighted by Crippen LogP contribution is 2.56. The van der Waals surface area contributed by atoms with Crippen molar-refractivity contribution >= 4 is 10.8 Å². The summed E-state index contributed by atoms with van der Waals surface area (Å²) in [5, 5.41) is 11.7. The van der Waals surface area contributed by atoms with Crippen molar-refractivity contribution in [2.45, 2.75) is 5.41 Å². The lowest BCUT2D eigenvalue weighted by molar-refractivity contribution is 0.435.